The number of benzene rings is 2. The van der Waals surface area contributed by atoms with Crippen LogP contribution < -0.4 is 10.6 Å². The number of ether oxygens (including phenoxy) is 1. The molecule has 2 aromatic carbocycles. The molecule has 0 aliphatic carbocycles. The van der Waals surface area contributed by atoms with E-state index in [1.807, 2.05) is 48.5 Å². The van der Waals surface area contributed by atoms with Crippen LogP contribution in [0.25, 0.3) is 6.08 Å². The summed E-state index contributed by atoms with van der Waals surface area (Å²) in [7, 11) is 0. The zero-order chi connectivity index (χ0) is 23.8. The van der Waals surface area contributed by atoms with Crippen LogP contribution in [-0.2, 0) is 9.53 Å². The number of amides is 2. The number of rotatable bonds is 8. The SMILES string of the molecule is CCOC(=O)C1=C(CN2CCN(C/C=C/c3ccccc3)CC2)NC(=O)N[C@@H]1c1ccccc1. The van der Waals surface area contributed by atoms with Crippen molar-refractivity contribution in [1.29, 1.82) is 0 Å². The number of esters is 1. The summed E-state index contributed by atoms with van der Waals surface area (Å²) in [6.45, 7) is 7.03. The van der Waals surface area contributed by atoms with Crippen LogP contribution in [0.4, 0.5) is 4.79 Å². The summed E-state index contributed by atoms with van der Waals surface area (Å²) >= 11 is 0. The van der Waals surface area contributed by atoms with E-state index in [0.29, 0.717) is 17.8 Å². The monoisotopic (exact) mass is 460 g/mol. The molecular weight excluding hydrogens is 428 g/mol. The first-order chi connectivity index (χ1) is 16.6. The van der Waals surface area contributed by atoms with Crippen LogP contribution in [0.3, 0.4) is 0 Å². The lowest BCUT2D eigenvalue weighted by atomic mass is 9.95. The smallest absolute Gasteiger partial charge is 0.338 e. The Kier molecular flexibility index (Phi) is 8.12. The number of nitrogens with one attached hydrogen (secondary N) is 2. The minimum Gasteiger partial charge on any atom is -0.463 e. The molecule has 7 heteroatoms. The second-order valence-electron chi connectivity index (χ2n) is 8.44. The van der Waals surface area contributed by atoms with Gasteiger partial charge in [0.2, 0.25) is 0 Å². The van der Waals surface area contributed by atoms with Crippen LogP contribution in [0.2, 0.25) is 0 Å². The molecule has 1 atom stereocenters. The van der Waals surface area contributed by atoms with E-state index in [1.54, 1.807) is 6.92 Å². The van der Waals surface area contributed by atoms with Gasteiger partial charge in [0.15, 0.2) is 0 Å². The van der Waals surface area contributed by atoms with Gasteiger partial charge in [-0.15, -0.1) is 0 Å². The first kappa shape index (κ1) is 23.7. The fraction of sp³-hybridized carbons (Fsp3) is 0.333. The largest absolute Gasteiger partial charge is 0.463 e. The molecule has 34 heavy (non-hydrogen) atoms. The molecule has 178 valence electrons. The van der Waals surface area contributed by atoms with Gasteiger partial charge in [-0.1, -0.05) is 72.8 Å². The van der Waals surface area contributed by atoms with Gasteiger partial charge in [-0.25, -0.2) is 9.59 Å². The van der Waals surface area contributed by atoms with Gasteiger partial charge in [-0.2, -0.15) is 0 Å². The highest BCUT2D eigenvalue weighted by Crippen LogP contribution is 2.28. The standard InChI is InChI=1S/C27H32N4O3/c1-2-34-26(32)24-23(28-27(33)29-25(24)22-13-7-4-8-14-22)20-31-18-16-30(17-19-31)15-9-12-21-10-5-3-6-11-21/h3-14,25H,2,15-20H2,1H3,(H2,28,29,33)/b12-9+/t25-/m1/s1. The van der Waals surface area contributed by atoms with Gasteiger partial charge in [-0.3, -0.25) is 9.80 Å². The Hall–Kier alpha value is -3.42. The molecule has 0 bridgehead atoms. The molecule has 2 aromatic rings. The quantitative estimate of drug-likeness (QED) is 0.592. The lowest BCUT2D eigenvalue weighted by Gasteiger charge is -2.36. The molecule has 2 aliphatic rings. The molecular formula is C27H32N4O3. The highest BCUT2D eigenvalue weighted by atomic mass is 16.5. The van der Waals surface area contributed by atoms with Crippen molar-refractivity contribution in [2.45, 2.75) is 13.0 Å². The topological polar surface area (TPSA) is 73.9 Å². The molecule has 0 radical (unpaired) electrons. The predicted octanol–water partition coefficient (Wildman–Crippen LogP) is 3.19. The van der Waals surface area contributed by atoms with Crippen molar-refractivity contribution in [2.75, 3.05) is 45.9 Å². The summed E-state index contributed by atoms with van der Waals surface area (Å²) in [5, 5.41) is 5.77. The molecule has 2 N–H and O–H groups in total. The van der Waals surface area contributed by atoms with E-state index < -0.39 is 12.0 Å². The fourth-order valence-corrected chi connectivity index (χ4v) is 4.34. The Morgan fingerprint density at radius 2 is 1.65 bits per heavy atom. The van der Waals surface area contributed by atoms with E-state index >= 15 is 0 Å². The number of hydrogen-bond acceptors (Lipinski definition) is 5. The Morgan fingerprint density at radius 1 is 1.00 bits per heavy atom. The lowest BCUT2D eigenvalue weighted by Crippen LogP contribution is -2.51. The highest BCUT2D eigenvalue weighted by molar-refractivity contribution is 5.95. The molecule has 2 heterocycles. The van der Waals surface area contributed by atoms with E-state index in [-0.39, 0.29) is 12.6 Å². The number of carbonyl (C=O) groups excluding carboxylic acids is 2. The number of nitrogens with zero attached hydrogens (tertiary/aromatic N) is 2. The summed E-state index contributed by atoms with van der Waals surface area (Å²) in [4.78, 5) is 30.1. The zero-order valence-corrected chi connectivity index (χ0v) is 19.6. The number of hydrogen-bond donors (Lipinski definition) is 2. The molecule has 7 nitrogen and oxygen atoms in total. The van der Waals surface area contributed by atoms with E-state index in [9.17, 15) is 9.59 Å². The molecule has 1 fully saturated rings. The van der Waals surface area contributed by atoms with E-state index in [0.717, 1.165) is 38.3 Å². The summed E-state index contributed by atoms with van der Waals surface area (Å²) in [5.41, 5.74) is 3.15. The zero-order valence-electron chi connectivity index (χ0n) is 19.6. The van der Waals surface area contributed by atoms with Gasteiger partial charge in [0.25, 0.3) is 0 Å². The third-order valence-electron chi connectivity index (χ3n) is 6.10. The van der Waals surface area contributed by atoms with E-state index in [1.165, 1.54) is 5.56 Å². The Morgan fingerprint density at radius 3 is 2.32 bits per heavy atom. The average molecular weight is 461 g/mol. The second-order valence-corrected chi connectivity index (χ2v) is 8.44. The van der Waals surface area contributed by atoms with Gasteiger partial charge in [0.1, 0.15) is 0 Å². The second kappa shape index (κ2) is 11.6. The Balaban J connectivity index is 1.42. The number of urea groups is 1. The summed E-state index contributed by atoms with van der Waals surface area (Å²) in [6.07, 6.45) is 4.35. The Bertz CT molecular complexity index is 1030. The first-order valence-electron chi connectivity index (χ1n) is 11.8. The first-order valence-corrected chi connectivity index (χ1v) is 11.8. The van der Waals surface area contributed by atoms with Crippen molar-refractivity contribution in [3.63, 3.8) is 0 Å². The van der Waals surface area contributed by atoms with Crippen molar-refractivity contribution in [2.24, 2.45) is 0 Å². The third-order valence-corrected chi connectivity index (χ3v) is 6.10. The summed E-state index contributed by atoms with van der Waals surface area (Å²) < 4.78 is 5.36. The molecule has 0 spiro atoms. The Labute approximate surface area is 201 Å². The van der Waals surface area contributed by atoms with E-state index in [2.05, 4.69) is 44.7 Å². The van der Waals surface area contributed by atoms with Gasteiger partial charge >= 0.3 is 12.0 Å². The van der Waals surface area contributed by atoms with Gasteiger partial charge < -0.3 is 15.4 Å². The summed E-state index contributed by atoms with van der Waals surface area (Å²) in [5.74, 6) is -0.400. The maximum absolute atomic E-state index is 12.9. The molecule has 1 saturated heterocycles. The van der Waals surface area contributed by atoms with Crippen molar-refractivity contribution in [1.82, 2.24) is 20.4 Å². The number of piperazine rings is 1. The summed E-state index contributed by atoms with van der Waals surface area (Å²) in [6, 6.07) is 19.0. The molecule has 0 saturated carbocycles. The molecule has 4 rings (SSSR count). The predicted molar refractivity (Wildman–Crippen MR) is 133 cm³/mol. The van der Waals surface area contributed by atoms with Gasteiger partial charge in [-0.05, 0) is 18.1 Å². The third kappa shape index (κ3) is 6.12. The van der Waals surface area contributed by atoms with Crippen LogP contribution in [0, 0.1) is 0 Å². The molecule has 2 amide bonds. The maximum atomic E-state index is 12.9. The van der Waals surface area contributed by atoms with Crippen LogP contribution >= 0.6 is 0 Å². The molecule has 0 unspecified atom stereocenters. The van der Waals surface area contributed by atoms with Crippen LogP contribution in [0.5, 0.6) is 0 Å². The van der Waals surface area contributed by atoms with E-state index in [4.69, 9.17) is 4.74 Å². The minimum absolute atomic E-state index is 0.278. The molecule has 2 aliphatic heterocycles. The molecule has 0 aromatic heterocycles. The highest BCUT2D eigenvalue weighted by Gasteiger charge is 2.34. The minimum atomic E-state index is -0.534. The van der Waals surface area contributed by atoms with Crippen molar-refractivity contribution in [3.05, 3.63) is 89.1 Å². The maximum Gasteiger partial charge on any atom is 0.338 e. The normalized spacial score (nSPS) is 19.7. The van der Waals surface area contributed by atoms with Crippen LogP contribution in [-0.4, -0.2) is 67.7 Å². The van der Waals surface area contributed by atoms with Crippen LogP contribution in [0.15, 0.2) is 78.0 Å². The van der Waals surface area contributed by atoms with Crippen molar-refractivity contribution >= 4 is 18.1 Å². The van der Waals surface area contributed by atoms with Gasteiger partial charge in [0.05, 0.1) is 18.2 Å². The lowest BCUT2D eigenvalue weighted by molar-refractivity contribution is -0.139. The van der Waals surface area contributed by atoms with Crippen molar-refractivity contribution < 1.29 is 14.3 Å². The fourth-order valence-electron chi connectivity index (χ4n) is 4.34. The van der Waals surface area contributed by atoms with Gasteiger partial charge in [0, 0.05) is 45.0 Å². The van der Waals surface area contributed by atoms with Crippen LogP contribution in [0.1, 0.15) is 24.1 Å². The van der Waals surface area contributed by atoms with Crippen molar-refractivity contribution in [3.8, 4) is 0 Å². The average Bonchev–Trinajstić information content (AvgIpc) is 2.86. The number of carbonyl (C=O) groups is 2.